The third kappa shape index (κ3) is 2.91. The van der Waals surface area contributed by atoms with Crippen LogP contribution in [0.5, 0.6) is 5.75 Å². The second kappa shape index (κ2) is 6.39. The van der Waals surface area contributed by atoms with Gasteiger partial charge in [-0.2, -0.15) is 0 Å². The fourth-order valence-electron chi connectivity index (χ4n) is 2.23. The second-order valence-electron chi connectivity index (χ2n) is 4.87. The second-order valence-corrected chi connectivity index (χ2v) is 4.87. The standard InChI is InChI=1S/C16H20N2O2/c1-17-10-5-11-18(2)16(20)14-9-8-12-6-3-4-7-13(12)15(14)19/h3-4,6-9,17,19H,5,10-11H2,1-2H3. The van der Waals surface area contributed by atoms with Crippen LogP contribution in [0.1, 0.15) is 16.8 Å². The van der Waals surface area contributed by atoms with Crippen LogP contribution in [-0.2, 0) is 0 Å². The lowest BCUT2D eigenvalue weighted by atomic mass is 10.0. The zero-order valence-electron chi connectivity index (χ0n) is 11.9. The van der Waals surface area contributed by atoms with Gasteiger partial charge in [0.2, 0.25) is 0 Å². The number of phenolic OH excluding ortho intramolecular Hbond substituents is 1. The van der Waals surface area contributed by atoms with Crippen molar-refractivity contribution in [1.29, 1.82) is 0 Å². The molecule has 0 spiro atoms. The van der Waals surface area contributed by atoms with Crippen LogP contribution >= 0.6 is 0 Å². The molecule has 0 aromatic heterocycles. The molecule has 20 heavy (non-hydrogen) atoms. The largest absolute Gasteiger partial charge is 0.506 e. The summed E-state index contributed by atoms with van der Waals surface area (Å²) in [6.45, 7) is 1.52. The van der Waals surface area contributed by atoms with Gasteiger partial charge < -0.3 is 15.3 Å². The van der Waals surface area contributed by atoms with Gasteiger partial charge in [-0.05, 0) is 31.5 Å². The van der Waals surface area contributed by atoms with Gasteiger partial charge in [0.05, 0.1) is 5.56 Å². The Kier molecular flexibility index (Phi) is 4.58. The minimum Gasteiger partial charge on any atom is -0.506 e. The van der Waals surface area contributed by atoms with E-state index < -0.39 is 0 Å². The zero-order chi connectivity index (χ0) is 14.5. The summed E-state index contributed by atoms with van der Waals surface area (Å²) in [6, 6.07) is 11.1. The highest BCUT2D eigenvalue weighted by molar-refractivity contribution is 6.03. The van der Waals surface area contributed by atoms with Crippen LogP contribution in [0.4, 0.5) is 0 Å². The Morgan fingerprint density at radius 1 is 1.25 bits per heavy atom. The first-order chi connectivity index (χ1) is 9.65. The quantitative estimate of drug-likeness (QED) is 0.821. The molecule has 4 heteroatoms. The molecule has 4 nitrogen and oxygen atoms in total. The maximum absolute atomic E-state index is 12.3. The molecule has 1 amide bonds. The molecule has 0 bridgehead atoms. The molecule has 0 saturated carbocycles. The van der Waals surface area contributed by atoms with Gasteiger partial charge in [0.15, 0.2) is 0 Å². The van der Waals surface area contributed by atoms with Crippen molar-refractivity contribution in [1.82, 2.24) is 10.2 Å². The van der Waals surface area contributed by atoms with Gasteiger partial charge in [-0.25, -0.2) is 0 Å². The average Bonchev–Trinajstić information content (AvgIpc) is 2.47. The maximum atomic E-state index is 12.3. The van der Waals surface area contributed by atoms with Gasteiger partial charge >= 0.3 is 0 Å². The van der Waals surface area contributed by atoms with Crippen molar-refractivity contribution in [2.75, 3.05) is 27.2 Å². The van der Waals surface area contributed by atoms with Gasteiger partial charge in [0.1, 0.15) is 5.75 Å². The summed E-state index contributed by atoms with van der Waals surface area (Å²) in [5, 5.41) is 15.0. The smallest absolute Gasteiger partial charge is 0.257 e. The number of fused-ring (bicyclic) bond motifs is 1. The van der Waals surface area contributed by atoms with E-state index in [1.54, 1.807) is 18.0 Å². The topological polar surface area (TPSA) is 52.6 Å². The van der Waals surface area contributed by atoms with Crippen molar-refractivity contribution in [3.63, 3.8) is 0 Å². The molecule has 0 aliphatic heterocycles. The molecule has 2 aromatic carbocycles. The maximum Gasteiger partial charge on any atom is 0.257 e. The molecule has 0 fully saturated rings. The highest BCUT2D eigenvalue weighted by atomic mass is 16.3. The summed E-state index contributed by atoms with van der Waals surface area (Å²) in [4.78, 5) is 14.0. The van der Waals surface area contributed by atoms with Crippen molar-refractivity contribution in [2.24, 2.45) is 0 Å². The van der Waals surface area contributed by atoms with Crippen LogP contribution in [0, 0.1) is 0 Å². The van der Waals surface area contributed by atoms with Crippen LogP contribution in [0.15, 0.2) is 36.4 Å². The van der Waals surface area contributed by atoms with E-state index in [-0.39, 0.29) is 11.7 Å². The van der Waals surface area contributed by atoms with Crippen LogP contribution < -0.4 is 5.32 Å². The van der Waals surface area contributed by atoms with E-state index in [0.29, 0.717) is 17.5 Å². The number of nitrogens with one attached hydrogen (secondary N) is 1. The molecular formula is C16H20N2O2. The molecule has 0 radical (unpaired) electrons. The van der Waals surface area contributed by atoms with Crippen LogP contribution in [0.2, 0.25) is 0 Å². The Bertz CT molecular complexity index is 610. The fraction of sp³-hybridized carbons (Fsp3) is 0.312. The summed E-state index contributed by atoms with van der Waals surface area (Å²) >= 11 is 0. The van der Waals surface area contributed by atoms with Gasteiger partial charge in [0, 0.05) is 19.0 Å². The Morgan fingerprint density at radius 3 is 2.75 bits per heavy atom. The molecule has 2 rings (SSSR count). The number of hydrogen-bond donors (Lipinski definition) is 2. The highest BCUT2D eigenvalue weighted by Crippen LogP contribution is 2.29. The minimum absolute atomic E-state index is 0.0635. The van der Waals surface area contributed by atoms with E-state index in [1.807, 2.05) is 37.4 Å². The van der Waals surface area contributed by atoms with Crippen molar-refractivity contribution in [3.05, 3.63) is 42.0 Å². The highest BCUT2D eigenvalue weighted by Gasteiger charge is 2.17. The molecule has 2 N–H and O–H groups in total. The molecule has 0 heterocycles. The van der Waals surface area contributed by atoms with Gasteiger partial charge in [-0.1, -0.05) is 30.3 Å². The van der Waals surface area contributed by atoms with E-state index in [2.05, 4.69) is 5.32 Å². The van der Waals surface area contributed by atoms with Crippen LogP contribution in [-0.4, -0.2) is 43.1 Å². The molecule has 0 unspecified atom stereocenters. The van der Waals surface area contributed by atoms with E-state index >= 15 is 0 Å². The van der Waals surface area contributed by atoms with Gasteiger partial charge in [0.25, 0.3) is 5.91 Å². The third-order valence-corrected chi connectivity index (χ3v) is 3.40. The molecule has 0 aliphatic carbocycles. The number of nitrogens with zero attached hydrogens (tertiary/aromatic N) is 1. The number of rotatable bonds is 5. The van der Waals surface area contributed by atoms with E-state index in [1.165, 1.54) is 0 Å². The number of benzene rings is 2. The first-order valence-corrected chi connectivity index (χ1v) is 6.76. The Hall–Kier alpha value is -2.07. The SMILES string of the molecule is CNCCCN(C)C(=O)c1ccc2ccccc2c1O. The number of carbonyl (C=O) groups is 1. The van der Waals surface area contributed by atoms with Crippen molar-refractivity contribution in [2.45, 2.75) is 6.42 Å². The summed E-state index contributed by atoms with van der Waals surface area (Å²) in [6.07, 6.45) is 0.882. The van der Waals surface area contributed by atoms with Gasteiger partial charge in [-0.3, -0.25) is 4.79 Å². The van der Waals surface area contributed by atoms with E-state index in [0.717, 1.165) is 18.4 Å². The Labute approximate surface area is 119 Å². The first kappa shape index (κ1) is 14.3. The summed E-state index contributed by atoms with van der Waals surface area (Å²) in [5.41, 5.74) is 0.357. The zero-order valence-corrected chi connectivity index (χ0v) is 11.9. The lowest BCUT2D eigenvalue weighted by molar-refractivity contribution is 0.0791. The third-order valence-electron chi connectivity index (χ3n) is 3.40. The monoisotopic (exact) mass is 272 g/mol. The van der Waals surface area contributed by atoms with Crippen molar-refractivity contribution < 1.29 is 9.90 Å². The molecular weight excluding hydrogens is 252 g/mol. The Morgan fingerprint density at radius 2 is 2.00 bits per heavy atom. The number of phenols is 1. The number of hydrogen-bond acceptors (Lipinski definition) is 3. The fourth-order valence-corrected chi connectivity index (χ4v) is 2.23. The minimum atomic E-state index is -0.149. The molecule has 2 aromatic rings. The normalized spacial score (nSPS) is 10.7. The number of amides is 1. The molecule has 106 valence electrons. The lowest BCUT2D eigenvalue weighted by Gasteiger charge is -2.18. The summed E-state index contributed by atoms with van der Waals surface area (Å²) in [7, 11) is 3.64. The van der Waals surface area contributed by atoms with Crippen LogP contribution in [0.25, 0.3) is 10.8 Å². The molecule has 0 aliphatic rings. The predicted molar refractivity (Wildman–Crippen MR) is 81.1 cm³/mol. The average molecular weight is 272 g/mol. The Balaban J connectivity index is 2.24. The predicted octanol–water partition coefficient (Wildman–Crippen LogP) is 2.23. The summed E-state index contributed by atoms with van der Waals surface area (Å²) < 4.78 is 0. The van der Waals surface area contributed by atoms with Crippen LogP contribution in [0.3, 0.4) is 0 Å². The number of carbonyl (C=O) groups excluding carboxylic acids is 1. The van der Waals surface area contributed by atoms with E-state index in [9.17, 15) is 9.90 Å². The first-order valence-electron chi connectivity index (χ1n) is 6.76. The van der Waals surface area contributed by atoms with E-state index in [4.69, 9.17) is 0 Å². The molecule has 0 atom stereocenters. The molecule has 0 saturated heterocycles. The lowest BCUT2D eigenvalue weighted by Crippen LogP contribution is -2.29. The number of aromatic hydroxyl groups is 1. The van der Waals surface area contributed by atoms with Crippen molar-refractivity contribution in [3.8, 4) is 5.75 Å². The van der Waals surface area contributed by atoms with Gasteiger partial charge in [-0.15, -0.1) is 0 Å². The summed E-state index contributed by atoms with van der Waals surface area (Å²) in [5.74, 6) is -0.0853. The van der Waals surface area contributed by atoms with Crippen molar-refractivity contribution >= 4 is 16.7 Å².